The number of carbonyl (C=O) groups excluding carboxylic acids is 1. The second kappa shape index (κ2) is 4.84. The van der Waals surface area contributed by atoms with Crippen LogP contribution in [0.1, 0.15) is 46.0 Å². The number of halogens is 3. The predicted molar refractivity (Wildman–Crippen MR) is 69.6 cm³/mol. The molecular formula is C15H21F3O4. The van der Waals surface area contributed by atoms with Crippen LogP contribution in [0.15, 0.2) is 0 Å². The molecule has 0 aromatic rings. The first kappa shape index (κ1) is 16.1. The highest BCUT2D eigenvalue weighted by Crippen LogP contribution is 2.63. The highest BCUT2D eigenvalue weighted by molar-refractivity contribution is 5.72. The van der Waals surface area contributed by atoms with Crippen molar-refractivity contribution in [2.75, 3.05) is 0 Å². The van der Waals surface area contributed by atoms with Gasteiger partial charge in [0.15, 0.2) is 0 Å². The summed E-state index contributed by atoms with van der Waals surface area (Å²) < 4.78 is 50.0. The SMILES string of the molecule is CCC(C)C(=O)OC12CC(O)(C(F)(F)F)OC1C1CCC2C1. The maximum absolute atomic E-state index is 13.1. The number of aliphatic hydroxyl groups is 1. The molecule has 3 rings (SSSR count). The van der Waals surface area contributed by atoms with Gasteiger partial charge in [0, 0.05) is 5.92 Å². The van der Waals surface area contributed by atoms with E-state index in [1.807, 2.05) is 6.92 Å². The van der Waals surface area contributed by atoms with Crippen molar-refractivity contribution in [3.05, 3.63) is 0 Å². The number of fused-ring (bicyclic) bond motifs is 5. The van der Waals surface area contributed by atoms with Crippen molar-refractivity contribution in [2.45, 2.75) is 69.6 Å². The molecule has 0 amide bonds. The van der Waals surface area contributed by atoms with E-state index in [-0.39, 0.29) is 17.8 Å². The van der Waals surface area contributed by atoms with Crippen molar-refractivity contribution in [3.63, 3.8) is 0 Å². The highest BCUT2D eigenvalue weighted by atomic mass is 19.4. The Bertz CT molecular complexity index is 480. The Morgan fingerprint density at radius 3 is 2.73 bits per heavy atom. The Morgan fingerprint density at radius 2 is 2.14 bits per heavy atom. The minimum atomic E-state index is -4.90. The number of alkyl halides is 3. The van der Waals surface area contributed by atoms with Crippen molar-refractivity contribution in [2.24, 2.45) is 17.8 Å². The predicted octanol–water partition coefficient (Wildman–Crippen LogP) is 2.78. The Kier molecular flexibility index (Phi) is 3.53. The van der Waals surface area contributed by atoms with E-state index >= 15 is 0 Å². The smallest absolute Gasteiger partial charge is 0.443 e. The molecule has 1 aliphatic heterocycles. The van der Waals surface area contributed by atoms with Crippen molar-refractivity contribution in [3.8, 4) is 0 Å². The molecule has 1 N–H and O–H groups in total. The van der Waals surface area contributed by atoms with Crippen LogP contribution in [-0.2, 0) is 14.3 Å². The van der Waals surface area contributed by atoms with E-state index < -0.39 is 36.1 Å². The lowest BCUT2D eigenvalue weighted by molar-refractivity contribution is -0.359. The first-order valence-electron chi connectivity index (χ1n) is 7.82. The molecule has 4 nitrogen and oxygen atoms in total. The first-order chi connectivity index (χ1) is 10.1. The monoisotopic (exact) mass is 322 g/mol. The van der Waals surface area contributed by atoms with E-state index in [0.717, 1.165) is 6.42 Å². The van der Waals surface area contributed by atoms with Gasteiger partial charge in [-0.05, 0) is 31.6 Å². The lowest BCUT2D eigenvalue weighted by atomic mass is 9.79. The van der Waals surface area contributed by atoms with Crippen LogP contribution in [-0.4, -0.2) is 34.7 Å². The normalized spacial score (nSPS) is 44.9. The highest BCUT2D eigenvalue weighted by Gasteiger charge is 2.75. The fourth-order valence-electron chi connectivity index (χ4n) is 4.23. The number of rotatable bonds is 3. The maximum atomic E-state index is 13.1. The molecular weight excluding hydrogens is 301 g/mol. The zero-order valence-corrected chi connectivity index (χ0v) is 12.7. The molecule has 22 heavy (non-hydrogen) atoms. The van der Waals surface area contributed by atoms with E-state index in [9.17, 15) is 23.1 Å². The first-order valence-corrected chi connectivity index (χ1v) is 7.82. The van der Waals surface area contributed by atoms with Gasteiger partial charge >= 0.3 is 12.1 Å². The molecule has 0 radical (unpaired) electrons. The van der Waals surface area contributed by atoms with Gasteiger partial charge in [0.25, 0.3) is 5.79 Å². The van der Waals surface area contributed by atoms with Gasteiger partial charge in [-0.3, -0.25) is 4.79 Å². The summed E-state index contributed by atoms with van der Waals surface area (Å²) in [7, 11) is 0. The lowest BCUT2D eigenvalue weighted by Crippen LogP contribution is -2.49. The van der Waals surface area contributed by atoms with E-state index in [1.54, 1.807) is 6.92 Å². The van der Waals surface area contributed by atoms with E-state index in [2.05, 4.69) is 0 Å². The standard InChI is InChI=1S/C15H21F3O4/c1-3-8(2)12(19)22-13-7-14(20,15(16,17)18)21-11(13)9-4-5-10(13)6-9/h8-11,20H,3-7H2,1-2H3. The van der Waals surface area contributed by atoms with Gasteiger partial charge in [-0.15, -0.1) is 0 Å². The second-order valence-electron chi connectivity index (χ2n) is 6.95. The fourth-order valence-corrected chi connectivity index (χ4v) is 4.23. The Balaban J connectivity index is 1.91. The molecule has 6 atom stereocenters. The number of hydrogen-bond donors (Lipinski definition) is 1. The maximum Gasteiger partial charge on any atom is 0.443 e. The third-order valence-electron chi connectivity index (χ3n) is 5.66. The minimum Gasteiger partial charge on any atom is -0.456 e. The van der Waals surface area contributed by atoms with Crippen LogP contribution in [0.3, 0.4) is 0 Å². The van der Waals surface area contributed by atoms with Gasteiger partial charge in [0.1, 0.15) is 11.7 Å². The minimum absolute atomic E-state index is 0.0777. The van der Waals surface area contributed by atoms with Gasteiger partial charge < -0.3 is 14.6 Å². The quantitative estimate of drug-likeness (QED) is 0.812. The van der Waals surface area contributed by atoms with Crippen molar-refractivity contribution < 1.29 is 32.5 Å². The molecule has 0 aromatic carbocycles. The summed E-state index contributed by atoms with van der Waals surface area (Å²) >= 11 is 0. The van der Waals surface area contributed by atoms with Crippen LogP contribution in [0.25, 0.3) is 0 Å². The number of hydrogen-bond acceptors (Lipinski definition) is 4. The summed E-state index contributed by atoms with van der Waals surface area (Å²) in [6.07, 6.45) is -3.74. The summed E-state index contributed by atoms with van der Waals surface area (Å²) in [5, 5.41) is 9.93. The van der Waals surface area contributed by atoms with Gasteiger partial charge in [-0.1, -0.05) is 13.8 Å². The Labute approximate surface area is 127 Å². The van der Waals surface area contributed by atoms with Gasteiger partial charge in [0.2, 0.25) is 0 Å². The average molecular weight is 322 g/mol. The molecule has 1 heterocycles. The zero-order valence-electron chi connectivity index (χ0n) is 12.7. The zero-order chi connectivity index (χ0) is 16.3. The average Bonchev–Trinajstić information content (AvgIpc) is 3.06. The van der Waals surface area contributed by atoms with Crippen LogP contribution in [0.2, 0.25) is 0 Å². The van der Waals surface area contributed by atoms with Gasteiger partial charge in [-0.25, -0.2) is 0 Å². The molecule has 2 saturated carbocycles. The van der Waals surface area contributed by atoms with Crippen LogP contribution in [0.5, 0.6) is 0 Å². The fraction of sp³-hybridized carbons (Fsp3) is 0.933. The summed E-state index contributed by atoms with van der Waals surface area (Å²) in [6, 6.07) is 0. The summed E-state index contributed by atoms with van der Waals surface area (Å²) in [4.78, 5) is 12.2. The van der Waals surface area contributed by atoms with Crippen LogP contribution in [0.4, 0.5) is 13.2 Å². The van der Waals surface area contributed by atoms with E-state index in [0.29, 0.717) is 19.3 Å². The van der Waals surface area contributed by atoms with Gasteiger partial charge in [-0.2, -0.15) is 13.2 Å². The topological polar surface area (TPSA) is 55.8 Å². The lowest BCUT2D eigenvalue weighted by Gasteiger charge is -2.37. The molecule has 126 valence electrons. The second-order valence-corrected chi connectivity index (χ2v) is 6.95. The summed E-state index contributed by atoms with van der Waals surface area (Å²) in [6.45, 7) is 3.51. The molecule has 6 unspecified atom stereocenters. The van der Waals surface area contributed by atoms with Crippen LogP contribution in [0, 0.1) is 17.8 Å². The summed E-state index contributed by atoms with van der Waals surface area (Å²) in [5.41, 5.74) is -1.33. The largest absolute Gasteiger partial charge is 0.456 e. The molecule has 3 fully saturated rings. The third kappa shape index (κ3) is 2.08. The number of ether oxygens (including phenoxy) is 2. The van der Waals surface area contributed by atoms with Crippen molar-refractivity contribution >= 4 is 5.97 Å². The van der Waals surface area contributed by atoms with Crippen molar-refractivity contribution in [1.29, 1.82) is 0 Å². The Hall–Kier alpha value is -0.820. The summed E-state index contributed by atoms with van der Waals surface area (Å²) in [5.74, 6) is -4.34. The number of carbonyl (C=O) groups is 1. The molecule has 0 spiro atoms. The molecule has 2 aliphatic carbocycles. The molecule has 0 aromatic heterocycles. The van der Waals surface area contributed by atoms with E-state index in [1.165, 1.54) is 0 Å². The molecule has 1 saturated heterocycles. The van der Waals surface area contributed by atoms with Crippen LogP contribution < -0.4 is 0 Å². The molecule has 2 bridgehead atoms. The van der Waals surface area contributed by atoms with Gasteiger partial charge in [0.05, 0.1) is 12.3 Å². The van der Waals surface area contributed by atoms with Crippen LogP contribution >= 0.6 is 0 Å². The number of esters is 1. The Morgan fingerprint density at radius 1 is 1.45 bits per heavy atom. The van der Waals surface area contributed by atoms with Crippen molar-refractivity contribution in [1.82, 2.24) is 0 Å². The molecule has 3 aliphatic rings. The van der Waals surface area contributed by atoms with E-state index in [4.69, 9.17) is 9.47 Å². The molecule has 7 heteroatoms. The third-order valence-corrected chi connectivity index (χ3v) is 5.66.